The van der Waals surface area contributed by atoms with Crippen LogP contribution in [0, 0.1) is 0 Å². The number of hydrogen-bond acceptors (Lipinski definition) is 25. The van der Waals surface area contributed by atoms with E-state index in [2.05, 4.69) is 84.5 Å². The average Bonchev–Trinajstić information content (AvgIpc) is 3.41. The minimum atomic E-state index is -1.61. The van der Waals surface area contributed by atoms with Crippen molar-refractivity contribution in [1.82, 2.24) is 62.6 Å². The number of thioether (sulfide) groups is 3. The predicted octanol–water partition coefficient (Wildman–Crippen LogP) is -5.58. The number of likely N-dealkylation sites (tertiary alicyclic amines) is 3. The largest absolute Gasteiger partial charge is 0.488 e. The average molecular weight is 1310 g/mol. The molecule has 3 rings (SSSR count). The standard InChI is InChI=1S/C48H66N12O19S6/c1-27(61)18-52-44(72)30(22-84-33-16-41(69)59(47(33)75)10-4-36(64)50-7-13-78-25-81)56-39(67)20-54-45(73)31(23-85-34-17-42(70)60(48(34)76)11-5-37(65)51-8-14-79-26-82)57-38(66)19-53-43(71)29(55-28(2)62)21-83-32-15-40(68)58(46(32)74)9-3-35(63)49-6-12-77-24-80/h24-26,29-34H,3-23H2,1-2H3,(H,49,63)(H,50,64)(H,51,65)(H,52,72)(H,53,71)(H,54,73)(H,55,62)(H,56,67)(H,57,66)/t29-,30-,31-,32?,33?,34?/m0/s1. The van der Waals surface area contributed by atoms with E-state index in [9.17, 15) is 76.7 Å². The molecule has 0 aromatic carbocycles. The van der Waals surface area contributed by atoms with Crippen LogP contribution in [0.25, 0.3) is 0 Å². The molecule has 3 saturated heterocycles. The maximum absolute atomic E-state index is 13.9. The lowest BCUT2D eigenvalue weighted by Crippen LogP contribution is -2.55. The fourth-order valence-corrected chi connectivity index (χ4v) is 11.5. The topological polar surface area (TPSA) is 419 Å². The number of ketones is 1. The molecule has 3 unspecified atom stereocenters. The van der Waals surface area contributed by atoms with Gasteiger partial charge >= 0.3 is 0 Å². The third-order valence-electron chi connectivity index (χ3n) is 11.9. The molecule has 3 fully saturated rings. The fourth-order valence-electron chi connectivity index (χ4n) is 7.69. The van der Waals surface area contributed by atoms with Gasteiger partial charge in [0.15, 0.2) is 0 Å². The summed E-state index contributed by atoms with van der Waals surface area (Å²) >= 11 is 16.1. The molecule has 15 amide bonds. The fraction of sp³-hybridized carbons (Fsp3) is 0.604. The van der Waals surface area contributed by atoms with Crippen molar-refractivity contribution in [2.45, 2.75) is 86.2 Å². The van der Waals surface area contributed by atoms with E-state index >= 15 is 0 Å². The van der Waals surface area contributed by atoms with Crippen LogP contribution < -0.4 is 47.9 Å². The van der Waals surface area contributed by atoms with Crippen molar-refractivity contribution in [2.75, 3.05) is 96.0 Å². The van der Waals surface area contributed by atoms with Gasteiger partial charge in [0.1, 0.15) is 60.4 Å². The van der Waals surface area contributed by atoms with Crippen LogP contribution in [0.1, 0.15) is 52.4 Å². The molecule has 468 valence electrons. The van der Waals surface area contributed by atoms with Crippen LogP contribution in [0.4, 0.5) is 0 Å². The molecule has 0 bridgehead atoms. The molecule has 6 atom stereocenters. The lowest BCUT2D eigenvalue weighted by atomic mass is 10.2. The van der Waals surface area contributed by atoms with Gasteiger partial charge in [-0.25, -0.2) is 0 Å². The summed E-state index contributed by atoms with van der Waals surface area (Å²) in [5.41, 5.74) is 3.09. The minimum absolute atomic E-state index is 0.0900. The maximum atomic E-state index is 13.9. The number of carbonyl (C=O) groups excluding carboxylic acids is 16. The van der Waals surface area contributed by atoms with E-state index in [0.717, 1.165) is 73.6 Å². The van der Waals surface area contributed by atoms with E-state index in [1.54, 1.807) is 0 Å². The van der Waals surface area contributed by atoms with Crippen LogP contribution >= 0.6 is 71.9 Å². The summed E-state index contributed by atoms with van der Waals surface area (Å²) in [6, 6.07) is -4.44. The van der Waals surface area contributed by atoms with Gasteiger partial charge in [-0.05, 0) is 43.6 Å². The molecule has 31 nitrogen and oxygen atoms in total. The molecule has 3 aliphatic heterocycles. The zero-order chi connectivity index (χ0) is 63.0. The summed E-state index contributed by atoms with van der Waals surface area (Å²) in [7, 11) is 0. The second kappa shape index (κ2) is 38.9. The Labute approximate surface area is 515 Å². The minimum Gasteiger partial charge on any atom is -0.488 e. The molecule has 3 heterocycles. The summed E-state index contributed by atoms with van der Waals surface area (Å²) in [4.78, 5) is 209. The van der Waals surface area contributed by atoms with Crippen LogP contribution in [-0.4, -0.2) is 256 Å². The van der Waals surface area contributed by atoms with Crippen molar-refractivity contribution in [3.8, 4) is 0 Å². The number of carbonyl (C=O) groups is 16. The van der Waals surface area contributed by atoms with Gasteiger partial charge in [-0.1, -0.05) is 0 Å². The van der Waals surface area contributed by atoms with Crippen LogP contribution in [0.2, 0.25) is 0 Å². The Hall–Kier alpha value is -6.96. The molecule has 0 aromatic heterocycles. The van der Waals surface area contributed by atoms with Crippen LogP contribution in [0.15, 0.2) is 0 Å². The normalized spacial score (nSPS) is 17.4. The molecule has 0 aromatic rings. The number of amides is 15. The van der Waals surface area contributed by atoms with Crippen LogP contribution in [-0.2, 0) is 90.9 Å². The predicted molar refractivity (Wildman–Crippen MR) is 316 cm³/mol. The van der Waals surface area contributed by atoms with Gasteiger partial charge in [-0.3, -0.25) is 91.4 Å². The number of nitrogens with one attached hydrogen (secondary N) is 9. The Balaban J connectivity index is 1.70. The van der Waals surface area contributed by atoms with E-state index in [4.69, 9.17) is 14.2 Å². The Morgan fingerprint density at radius 1 is 0.459 bits per heavy atom. The van der Waals surface area contributed by atoms with Crippen molar-refractivity contribution in [3.05, 3.63) is 0 Å². The quantitative estimate of drug-likeness (QED) is 0.0156. The molecule has 0 saturated carbocycles. The maximum Gasteiger partial charge on any atom is 0.243 e. The van der Waals surface area contributed by atoms with Crippen LogP contribution in [0.3, 0.4) is 0 Å². The number of hydrogen-bond donors (Lipinski definition) is 9. The lowest BCUT2D eigenvalue weighted by Gasteiger charge is -2.22. The number of rotatable bonds is 42. The zero-order valence-corrected chi connectivity index (χ0v) is 51.0. The first-order chi connectivity index (χ1) is 40.5. The number of imide groups is 3. The number of nitrogens with zero attached hydrogens (tertiary/aromatic N) is 3. The van der Waals surface area contributed by atoms with Crippen molar-refractivity contribution < 1.29 is 90.9 Å². The van der Waals surface area contributed by atoms with Gasteiger partial charge in [0, 0.05) is 82.3 Å². The third kappa shape index (κ3) is 26.5. The first kappa shape index (κ1) is 72.3. The monoisotopic (exact) mass is 1310 g/mol. The first-order valence-corrected chi connectivity index (χ1v) is 30.6. The Kier molecular flexibility index (Phi) is 33.1. The highest BCUT2D eigenvalue weighted by Gasteiger charge is 2.42. The van der Waals surface area contributed by atoms with Crippen molar-refractivity contribution in [2.24, 2.45) is 0 Å². The summed E-state index contributed by atoms with van der Waals surface area (Å²) < 4.78 is 14.6. The van der Waals surface area contributed by atoms with Crippen molar-refractivity contribution in [3.63, 3.8) is 0 Å². The lowest BCUT2D eigenvalue weighted by molar-refractivity contribution is -0.140. The number of ether oxygens (including phenoxy) is 3. The summed E-state index contributed by atoms with van der Waals surface area (Å²) in [5.74, 6) is -12.2. The van der Waals surface area contributed by atoms with Gasteiger partial charge in [-0.2, -0.15) is 0 Å². The molecule has 0 spiro atoms. The molecule has 9 N–H and O–H groups in total. The highest BCUT2D eigenvalue weighted by atomic mass is 32.2. The van der Waals surface area contributed by atoms with E-state index in [0.29, 0.717) is 0 Å². The Morgan fingerprint density at radius 2 is 0.753 bits per heavy atom. The second-order valence-electron chi connectivity index (χ2n) is 18.3. The first-order valence-electron chi connectivity index (χ1n) is 26.0. The van der Waals surface area contributed by atoms with Crippen LogP contribution in [0.5, 0.6) is 0 Å². The molecule has 85 heavy (non-hydrogen) atoms. The molecule has 3 aliphatic rings. The SMILES string of the molecule is CC(=O)CNC(=O)[C@H](CSC1CC(=O)N(CCC(=O)NCCOC=S)C1=O)NC(=O)CNC(=O)[C@H](CSC1CC(=O)N(CCC(=O)NCCOC=S)C1=O)NC(=O)CNC(=O)[C@H](CSC1CC(=O)N(CCC(=O)NCCOC=S)C1=O)NC(C)=O. The highest BCUT2D eigenvalue weighted by Crippen LogP contribution is 2.28. The summed E-state index contributed by atoms with van der Waals surface area (Å²) in [5, 5.41) is 18.7. The summed E-state index contributed by atoms with van der Waals surface area (Å²) in [6.45, 7) is 0.0943. The number of thiocarbonyl (C=S) groups is 3. The smallest absolute Gasteiger partial charge is 0.243 e. The van der Waals surface area contributed by atoms with Gasteiger partial charge in [0.05, 0.1) is 55.0 Å². The Morgan fingerprint density at radius 3 is 1.04 bits per heavy atom. The van der Waals surface area contributed by atoms with Crippen molar-refractivity contribution in [1.29, 1.82) is 0 Å². The molecule has 0 aliphatic carbocycles. The molecule has 37 heteroatoms. The van der Waals surface area contributed by atoms with E-state index in [-0.39, 0.29) is 109 Å². The molecule has 0 radical (unpaired) electrons. The third-order valence-corrected chi connectivity index (χ3v) is 16.2. The van der Waals surface area contributed by atoms with Gasteiger partial charge in [-0.15, -0.1) is 35.3 Å². The number of Topliss-reactive ketones (excluding diaryl/α,β-unsaturated/α-hetero) is 1. The second-order valence-corrected chi connectivity index (χ2v) is 22.6. The van der Waals surface area contributed by atoms with Gasteiger partial charge < -0.3 is 62.1 Å². The van der Waals surface area contributed by atoms with E-state index < -0.39 is 154 Å². The highest BCUT2D eigenvalue weighted by molar-refractivity contribution is 8.01. The zero-order valence-electron chi connectivity index (χ0n) is 46.1. The Bertz CT molecular complexity index is 2550. The van der Waals surface area contributed by atoms with Gasteiger partial charge in [0.2, 0.25) is 88.6 Å². The van der Waals surface area contributed by atoms with E-state index in [1.165, 1.54) is 6.92 Å². The summed E-state index contributed by atoms with van der Waals surface area (Å²) in [6.07, 6.45) is -1.59. The van der Waals surface area contributed by atoms with E-state index in [1.807, 2.05) is 0 Å². The van der Waals surface area contributed by atoms with Crippen molar-refractivity contribution >= 4 is 183 Å². The molecular weight excluding hydrogens is 1240 g/mol. The molecular formula is C48H66N12O19S6. The van der Waals surface area contributed by atoms with Gasteiger partial charge in [0.25, 0.3) is 0 Å².